The van der Waals surface area contributed by atoms with Gasteiger partial charge in [-0.1, -0.05) is 6.42 Å². The molecule has 0 radical (unpaired) electrons. The van der Waals surface area contributed by atoms with E-state index < -0.39 is 11.6 Å². The smallest absolute Gasteiger partial charge is 0.305 e. The number of anilines is 1. The molecule has 0 aliphatic heterocycles. The highest BCUT2D eigenvalue weighted by atomic mass is 19.2. The summed E-state index contributed by atoms with van der Waals surface area (Å²) < 4.78 is 30.4. The summed E-state index contributed by atoms with van der Waals surface area (Å²) in [4.78, 5) is 11.1. The van der Waals surface area contributed by atoms with E-state index in [0.29, 0.717) is 25.3 Å². The number of ether oxygens (including phenoxy) is 1. The van der Waals surface area contributed by atoms with Crippen molar-refractivity contribution in [1.82, 2.24) is 0 Å². The molecule has 1 aromatic rings. The fraction of sp³-hybridized carbons (Fsp3) is 0.500. The fourth-order valence-corrected chi connectivity index (χ4v) is 1.64. The Hall–Kier alpha value is -1.65. The van der Waals surface area contributed by atoms with E-state index >= 15 is 0 Å². The number of hydrogen-bond donors (Lipinski definition) is 1. The van der Waals surface area contributed by atoms with Crippen LogP contribution in [0.2, 0.25) is 0 Å². The maximum Gasteiger partial charge on any atom is 0.305 e. The Kier molecular flexibility index (Phi) is 6.85. The van der Waals surface area contributed by atoms with E-state index in [1.807, 2.05) is 0 Å². The van der Waals surface area contributed by atoms with Crippen LogP contribution in [-0.2, 0) is 9.53 Å². The van der Waals surface area contributed by atoms with Gasteiger partial charge in [0.05, 0.1) is 6.61 Å². The lowest BCUT2D eigenvalue weighted by Crippen LogP contribution is -2.05. The first kappa shape index (κ1) is 15.4. The molecule has 0 unspecified atom stereocenters. The number of benzene rings is 1. The van der Waals surface area contributed by atoms with Crippen LogP contribution < -0.4 is 5.32 Å². The van der Waals surface area contributed by atoms with E-state index in [4.69, 9.17) is 4.74 Å². The minimum absolute atomic E-state index is 0.170. The normalized spacial score (nSPS) is 10.3. The Morgan fingerprint density at radius 3 is 2.68 bits per heavy atom. The third-order valence-electron chi connectivity index (χ3n) is 2.61. The van der Waals surface area contributed by atoms with Crippen LogP contribution >= 0.6 is 0 Å². The van der Waals surface area contributed by atoms with Gasteiger partial charge in [0.15, 0.2) is 11.6 Å². The molecule has 1 N–H and O–H groups in total. The topological polar surface area (TPSA) is 38.3 Å². The first-order valence-corrected chi connectivity index (χ1v) is 6.48. The van der Waals surface area contributed by atoms with Crippen LogP contribution in [-0.4, -0.2) is 19.1 Å². The van der Waals surface area contributed by atoms with Gasteiger partial charge >= 0.3 is 5.97 Å². The summed E-state index contributed by atoms with van der Waals surface area (Å²) in [5.41, 5.74) is 0.560. The largest absolute Gasteiger partial charge is 0.466 e. The van der Waals surface area contributed by atoms with Crippen LogP contribution in [0.25, 0.3) is 0 Å². The highest BCUT2D eigenvalue weighted by Crippen LogP contribution is 2.13. The van der Waals surface area contributed by atoms with Crippen molar-refractivity contribution < 1.29 is 18.3 Å². The maximum absolute atomic E-state index is 12.9. The maximum atomic E-state index is 12.9. The third-order valence-corrected chi connectivity index (χ3v) is 2.61. The molecule has 5 heteroatoms. The van der Waals surface area contributed by atoms with E-state index in [2.05, 4.69) is 5.32 Å². The lowest BCUT2D eigenvalue weighted by Gasteiger charge is -2.06. The summed E-state index contributed by atoms with van der Waals surface area (Å²) in [7, 11) is 0. The molecule has 0 spiro atoms. The van der Waals surface area contributed by atoms with Crippen LogP contribution in [0, 0.1) is 11.6 Å². The predicted octanol–water partition coefficient (Wildman–Crippen LogP) is 3.50. The molecule has 106 valence electrons. The van der Waals surface area contributed by atoms with Crippen molar-refractivity contribution in [3.63, 3.8) is 0 Å². The SMILES string of the molecule is CCOC(=O)CCCCCNc1ccc(F)c(F)c1. The second kappa shape index (κ2) is 8.45. The Bertz CT molecular complexity index is 410. The molecule has 0 aliphatic carbocycles. The zero-order valence-corrected chi connectivity index (χ0v) is 11.0. The number of esters is 1. The number of rotatable bonds is 8. The van der Waals surface area contributed by atoms with E-state index in [0.717, 1.165) is 31.4 Å². The predicted molar refractivity (Wildman–Crippen MR) is 69.9 cm³/mol. The van der Waals surface area contributed by atoms with Gasteiger partial charge in [0.2, 0.25) is 0 Å². The molecular weight excluding hydrogens is 252 g/mol. The van der Waals surface area contributed by atoms with Gasteiger partial charge in [0.1, 0.15) is 0 Å². The number of carbonyl (C=O) groups excluding carboxylic acids is 1. The van der Waals surface area contributed by atoms with Crippen LogP contribution in [0.15, 0.2) is 18.2 Å². The van der Waals surface area contributed by atoms with Gasteiger partial charge in [-0.2, -0.15) is 0 Å². The number of halogens is 2. The highest BCUT2D eigenvalue weighted by Gasteiger charge is 2.02. The molecule has 19 heavy (non-hydrogen) atoms. The van der Waals surface area contributed by atoms with Gasteiger partial charge in [-0.05, 0) is 38.0 Å². The zero-order valence-electron chi connectivity index (χ0n) is 11.0. The Morgan fingerprint density at radius 2 is 2.00 bits per heavy atom. The Balaban J connectivity index is 2.10. The van der Waals surface area contributed by atoms with E-state index in [1.165, 1.54) is 6.07 Å². The van der Waals surface area contributed by atoms with Crippen molar-refractivity contribution in [1.29, 1.82) is 0 Å². The summed E-state index contributed by atoms with van der Waals surface area (Å²) in [6.45, 7) is 2.86. The van der Waals surface area contributed by atoms with Gasteiger partial charge in [-0.25, -0.2) is 8.78 Å². The second-order valence-electron chi connectivity index (χ2n) is 4.17. The zero-order chi connectivity index (χ0) is 14.1. The molecule has 0 bridgehead atoms. The lowest BCUT2D eigenvalue weighted by molar-refractivity contribution is -0.143. The van der Waals surface area contributed by atoms with Gasteiger partial charge in [0, 0.05) is 18.7 Å². The minimum Gasteiger partial charge on any atom is -0.466 e. The van der Waals surface area contributed by atoms with Crippen LogP contribution in [0.1, 0.15) is 32.6 Å². The van der Waals surface area contributed by atoms with Crippen molar-refractivity contribution in [3.05, 3.63) is 29.8 Å². The number of carbonyl (C=O) groups is 1. The van der Waals surface area contributed by atoms with Crippen LogP contribution in [0.4, 0.5) is 14.5 Å². The van der Waals surface area contributed by atoms with E-state index in [1.54, 1.807) is 6.92 Å². The first-order chi connectivity index (χ1) is 9.13. The Morgan fingerprint density at radius 1 is 1.21 bits per heavy atom. The minimum atomic E-state index is -0.854. The Labute approximate surface area is 112 Å². The van der Waals surface area contributed by atoms with Gasteiger partial charge in [0.25, 0.3) is 0 Å². The van der Waals surface area contributed by atoms with E-state index in [9.17, 15) is 13.6 Å². The number of unbranched alkanes of at least 4 members (excludes halogenated alkanes) is 2. The molecule has 0 heterocycles. The van der Waals surface area contributed by atoms with Crippen LogP contribution in [0.3, 0.4) is 0 Å². The molecule has 0 saturated carbocycles. The molecule has 0 fully saturated rings. The van der Waals surface area contributed by atoms with E-state index in [-0.39, 0.29) is 5.97 Å². The molecule has 0 aromatic heterocycles. The second-order valence-corrected chi connectivity index (χ2v) is 4.17. The molecular formula is C14H19F2NO2. The monoisotopic (exact) mass is 271 g/mol. The van der Waals surface area contributed by atoms with Crippen molar-refractivity contribution >= 4 is 11.7 Å². The summed E-state index contributed by atoms with van der Waals surface area (Å²) >= 11 is 0. The first-order valence-electron chi connectivity index (χ1n) is 6.48. The molecule has 1 rings (SSSR count). The van der Waals surface area contributed by atoms with Gasteiger partial charge < -0.3 is 10.1 Å². The lowest BCUT2D eigenvalue weighted by atomic mass is 10.2. The fourth-order valence-electron chi connectivity index (χ4n) is 1.64. The summed E-state index contributed by atoms with van der Waals surface area (Å²) in [6.07, 6.45) is 2.95. The van der Waals surface area contributed by atoms with Gasteiger partial charge in [-0.3, -0.25) is 4.79 Å². The van der Waals surface area contributed by atoms with Crippen molar-refractivity contribution in [2.24, 2.45) is 0 Å². The van der Waals surface area contributed by atoms with Gasteiger partial charge in [-0.15, -0.1) is 0 Å². The van der Waals surface area contributed by atoms with Crippen molar-refractivity contribution in [2.45, 2.75) is 32.6 Å². The highest BCUT2D eigenvalue weighted by molar-refractivity contribution is 5.69. The quantitative estimate of drug-likeness (QED) is 0.581. The molecule has 1 aromatic carbocycles. The number of hydrogen-bond acceptors (Lipinski definition) is 3. The molecule has 3 nitrogen and oxygen atoms in total. The molecule has 0 atom stereocenters. The average molecular weight is 271 g/mol. The van der Waals surface area contributed by atoms with Crippen molar-refractivity contribution in [3.8, 4) is 0 Å². The van der Waals surface area contributed by atoms with Crippen molar-refractivity contribution in [2.75, 3.05) is 18.5 Å². The molecule has 0 saturated heterocycles. The molecule has 0 amide bonds. The summed E-state index contributed by atoms with van der Waals surface area (Å²) in [5, 5.41) is 3.00. The van der Waals surface area contributed by atoms with Crippen LogP contribution in [0.5, 0.6) is 0 Å². The standard InChI is InChI=1S/C14H19F2NO2/c1-2-19-14(18)6-4-3-5-9-17-11-7-8-12(15)13(16)10-11/h7-8,10,17H,2-6,9H2,1H3. The summed E-state index contributed by atoms with van der Waals surface area (Å²) in [5.74, 6) is -1.87. The average Bonchev–Trinajstić information content (AvgIpc) is 2.38. The number of nitrogens with one attached hydrogen (secondary N) is 1. The third kappa shape index (κ3) is 6.18. The molecule has 0 aliphatic rings. The summed E-state index contributed by atoms with van der Waals surface area (Å²) in [6, 6.07) is 3.73.